The molecular formula is C13H18N2O4S. The van der Waals surface area contributed by atoms with E-state index in [9.17, 15) is 18.3 Å². The molecule has 1 aliphatic carbocycles. The highest BCUT2D eigenvalue weighted by Gasteiger charge is 2.47. The SMILES string of the molecule is CNS(=O)(=O)c1ccc(NC(C)(C(=O)O)C2CC2)cc1. The summed E-state index contributed by atoms with van der Waals surface area (Å²) >= 11 is 0. The van der Waals surface area contributed by atoms with Gasteiger partial charge in [-0.3, -0.25) is 0 Å². The highest BCUT2D eigenvalue weighted by Crippen LogP contribution is 2.41. The lowest BCUT2D eigenvalue weighted by Gasteiger charge is -2.27. The van der Waals surface area contributed by atoms with Crippen molar-refractivity contribution in [1.82, 2.24) is 4.72 Å². The van der Waals surface area contributed by atoms with Crippen LogP contribution >= 0.6 is 0 Å². The number of carbonyl (C=O) groups is 1. The van der Waals surface area contributed by atoms with Gasteiger partial charge in [-0.25, -0.2) is 17.9 Å². The van der Waals surface area contributed by atoms with Gasteiger partial charge in [0, 0.05) is 5.69 Å². The van der Waals surface area contributed by atoms with Crippen molar-refractivity contribution in [3.63, 3.8) is 0 Å². The van der Waals surface area contributed by atoms with E-state index < -0.39 is 21.5 Å². The Bertz CT molecular complexity index is 608. The van der Waals surface area contributed by atoms with Gasteiger partial charge in [-0.15, -0.1) is 0 Å². The second kappa shape index (κ2) is 5.06. The monoisotopic (exact) mass is 298 g/mol. The van der Waals surface area contributed by atoms with E-state index in [-0.39, 0.29) is 10.8 Å². The number of carboxylic acid groups (broad SMARTS) is 1. The minimum absolute atomic E-state index is 0.112. The van der Waals surface area contributed by atoms with Crippen LogP contribution in [0.2, 0.25) is 0 Å². The highest BCUT2D eigenvalue weighted by atomic mass is 32.2. The fourth-order valence-corrected chi connectivity index (χ4v) is 2.86. The lowest BCUT2D eigenvalue weighted by molar-refractivity contribution is -0.142. The van der Waals surface area contributed by atoms with Gasteiger partial charge in [0.25, 0.3) is 0 Å². The van der Waals surface area contributed by atoms with Crippen LogP contribution in [0.1, 0.15) is 19.8 Å². The number of benzene rings is 1. The smallest absolute Gasteiger partial charge is 0.329 e. The molecule has 2 rings (SSSR count). The second-order valence-electron chi connectivity index (χ2n) is 5.14. The third-order valence-corrected chi connectivity index (χ3v) is 5.11. The summed E-state index contributed by atoms with van der Waals surface area (Å²) < 4.78 is 25.4. The van der Waals surface area contributed by atoms with Gasteiger partial charge >= 0.3 is 5.97 Å². The summed E-state index contributed by atoms with van der Waals surface area (Å²) in [6.45, 7) is 1.66. The van der Waals surface area contributed by atoms with E-state index >= 15 is 0 Å². The first-order valence-corrected chi connectivity index (χ1v) is 7.83. The molecule has 1 unspecified atom stereocenters. The average Bonchev–Trinajstić information content (AvgIpc) is 3.23. The predicted octanol–water partition coefficient (Wildman–Crippen LogP) is 1.26. The summed E-state index contributed by atoms with van der Waals surface area (Å²) in [6, 6.07) is 6.05. The number of nitrogens with one attached hydrogen (secondary N) is 2. The zero-order valence-electron chi connectivity index (χ0n) is 11.4. The Kier molecular flexibility index (Phi) is 3.75. The van der Waals surface area contributed by atoms with E-state index in [1.807, 2.05) is 0 Å². The van der Waals surface area contributed by atoms with Crippen molar-refractivity contribution >= 4 is 21.7 Å². The molecule has 1 aromatic carbocycles. The summed E-state index contributed by atoms with van der Waals surface area (Å²) in [6.07, 6.45) is 1.78. The molecule has 6 nitrogen and oxygen atoms in total. The fourth-order valence-electron chi connectivity index (χ4n) is 2.13. The third-order valence-electron chi connectivity index (χ3n) is 3.68. The lowest BCUT2D eigenvalue weighted by atomic mass is 9.95. The van der Waals surface area contributed by atoms with Crippen LogP contribution in [-0.4, -0.2) is 32.1 Å². The van der Waals surface area contributed by atoms with Crippen molar-refractivity contribution in [3.8, 4) is 0 Å². The van der Waals surface area contributed by atoms with E-state index in [1.54, 1.807) is 19.1 Å². The minimum atomic E-state index is -3.47. The van der Waals surface area contributed by atoms with Crippen molar-refractivity contribution in [2.24, 2.45) is 5.92 Å². The molecule has 1 aromatic rings. The maximum absolute atomic E-state index is 11.6. The Balaban J connectivity index is 2.21. The van der Waals surface area contributed by atoms with Crippen LogP contribution in [0.4, 0.5) is 5.69 Å². The first kappa shape index (κ1) is 14.8. The summed E-state index contributed by atoms with van der Waals surface area (Å²) in [5.74, 6) is -0.785. The van der Waals surface area contributed by atoms with Gasteiger partial charge in [-0.1, -0.05) is 0 Å². The molecule has 7 heteroatoms. The van der Waals surface area contributed by atoms with E-state index in [0.29, 0.717) is 5.69 Å². The Morgan fingerprint density at radius 1 is 1.30 bits per heavy atom. The Labute approximate surface area is 118 Å². The van der Waals surface area contributed by atoms with Crippen LogP contribution in [0.15, 0.2) is 29.2 Å². The molecular weight excluding hydrogens is 280 g/mol. The maximum Gasteiger partial charge on any atom is 0.329 e. The molecule has 1 atom stereocenters. The number of sulfonamides is 1. The molecule has 0 bridgehead atoms. The molecule has 0 saturated heterocycles. The molecule has 0 aromatic heterocycles. The molecule has 1 saturated carbocycles. The van der Waals surface area contributed by atoms with Gasteiger partial charge in [-0.2, -0.15) is 0 Å². The molecule has 20 heavy (non-hydrogen) atoms. The van der Waals surface area contributed by atoms with Crippen LogP contribution in [-0.2, 0) is 14.8 Å². The number of aliphatic carboxylic acids is 1. The van der Waals surface area contributed by atoms with Gasteiger partial charge < -0.3 is 10.4 Å². The van der Waals surface area contributed by atoms with Crippen LogP contribution in [0, 0.1) is 5.92 Å². The lowest BCUT2D eigenvalue weighted by Crippen LogP contribution is -2.45. The standard InChI is InChI=1S/C13H18N2O4S/c1-13(12(16)17,9-3-4-9)15-10-5-7-11(8-6-10)20(18,19)14-2/h5-9,14-15H,3-4H2,1-2H3,(H,16,17). The van der Waals surface area contributed by atoms with Gasteiger partial charge in [-0.05, 0) is 57.0 Å². The van der Waals surface area contributed by atoms with E-state index in [1.165, 1.54) is 19.2 Å². The summed E-state index contributed by atoms with van der Waals surface area (Å²) in [7, 11) is -2.13. The van der Waals surface area contributed by atoms with Crippen molar-refractivity contribution in [2.45, 2.75) is 30.2 Å². The van der Waals surface area contributed by atoms with Crippen molar-refractivity contribution in [3.05, 3.63) is 24.3 Å². The summed E-state index contributed by atoms with van der Waals surface area (Å²) in [5.41, 5.74) is -0.416. The zero-order valence-corrected chi connectivity index (χ0v) is 12.2. The molecule has 0 spiro atoms. The Hall–Kier alpha value is -1.60. The normalized spacial score (nSPS) is 18.3. The Morgan fingerprint density at radius 2 is 1.85 bits per heavy atom. The van der Waals surface area contributed by atoms with Crippen molar-refractivity contribution in [2.75, 3.05) is 12.4 Å². The van der Waals surface area contributed by atoms with Gasteiger partial charge in [0.05, 0.1) is 4.90 Å². The predicted molar refractivity (Wildman–Crippen MR) is 75.1 cm³/mol. The van der Waals surface area contributed by atoms with Crippen molar-refractivity contribution < 1.29 is 18.3 Å². The number of anilines is 1. The zero-order chi connectivity index (χ0) is 15.0. The molecule has 1 fully saturated rings. The van der Waals surface area contributed by atoms with E-state index in [0.717, 1.165) is 12.8 Å². The molecule has 110 valence electrons. The molecule has 0 amide bonds. The number of rotatable bonds is 6. The Morgan fingerprint density at radius 3 is 2.25 bits per heavy atom. The number of carboxylic acids is 1. The first-order chi connectivity index (χ1) is 9.29. The van der Waals surface area contributed by atoms with Crippen LogP contribution in [0.3, 0.4) is 0 Å². The molecule has 0 heterocycles. The number of hydrogen-bond donors (Lipinski definition) is 3. The topological polar surface area (TPSA) is 95.5 Å². The van der Waals surface area contributed by atoms with Crippen LogP contribution in [0.5, 0.6) is 0 Å². The molecule has 1 aliphatic rings. The third kappa shape index (κ3) is 2.78. The van der Waals surface area contributed by atoms with Gasteiger partial charge in [0.2, 0.25) is 10.0 Å². The maximum atomic E-state index is 11.6. The summed E-state index contributed by atoms with van der Waals surface area (Å²) in [4.78, 5) is 11.6. The molecule has 3 N–H and O–H groups in total. The van der Waals surface area contributed by atoms with Crippen molar-refractivity contribution in [1.29, 1.82) is 0 Å². The second-order valence-corrected chi connectivity index (χ2v) is 7.03. The van der Waals surface area contributed by atoms with Gasteiger partial charge in [0.1, 0.15) is 5.54 Å². The first-order valence-electron chi connectivity index (χ1n) is 6.35. The van der Waals surface area contributed by atoms with Gasteiger partial charge in [0.15, 0.2) is 0 Å². The van der Waals surface area contributed by atoms with Crippen LogP contribution < -0.4 is 10.0 Å². The number of hydrogen-bond acceptors (Lipinski definition) is 4. The van der Waals surface area contributed by atoms with E-state index in [2.05, 4.69) is 10.0 Å². The summed E-state index contributed by atoms with van der Waals surface area (Å²) in [5, 5.41) is 12.4. The quantitative estimate of drug-likeness (QED) is 0.735. The minimum Gasteiger partial charge on any atom is -0.480 e. The largest absolute Gasteiger partial charge is 0.480 e. The average molecular weight is 298 g/mol. The molecule has 0 aliphatic heterocycles. The highest BCUT2D eigenvalue weighted by molar-refractivity contribution is 7.89. The van der Waals surface area contributed by atoms with E-state index in [4.69, 9.17) is 0 Å². The fraction of sp³-hybridized carbons (Fsp3) is 0.462. The molecule has 0 radical (unpaired) electrons. The van der Waals surface area contributed by atoms with Crippen LogP contribution in [0.25, 0.3) is 0 Å².